The summed E-state index contributed by atoms with van der Waals surface area (Å²) in [6.07, 6.45) is 10.5. The number of aldehydes is 1. The van der Waals surface area contributed by atoms with Crippen LogP contribution in [0.3, 0.4) is 0 Å². The van der Waals surface area contributed by atoms with Gasteiger partial charge < -0.3 is 19.1 Å². The van der Waals surface area contributed by atoms with E-state index < -0.39 is 0 Å². The number of hydrogen-bond acceptors (Lipinski definition) is 5. The molecule has 0 radical (unpaired) electrons. The van der Waals surface area contributed by atoms with Crippen molar-refractivity contribution in [3.8, 4) is 0 Å². The largest absolute Gasteiger partial charge is 0.431 e. The van der Waals surface area contributed by atoms with Gasteiger partial charge in [0.1, 0.15) is 11.9 Å². The number of epoxide rings is 1. The molecule has 0 aromatic carbocycles. The van der Waals surface area contributed by atoms with Gasteiger partial charge in [0.25, 0.3) is 0 Å². The van der Waals surface area contributed by atoms with Crippen molar-refractivity contribution in [2.24, 2.45) is 28.6 Å². The molecule has 4 aliphatic carbocycles. The van der Waals surface area contributed by atoms with Gasteiger partial charge in [0.2, 0.25) is 0 Å². The predicted octanol–water partition coefficient (Wildman–Crippen LogP) is 3.44. The van der Waals surface area contributed by atoms with E-state index in [4.69, 9.17) is 9.15 Å². The fraction of sp³-hybridized carbons (Fsp3) is 0.750. The summed E-state index contributed by atoms with van der Waals surface area (Å²) in [5.41, 5.74) is 0.423. The maximum atomic E-state index is 12.5. The Morgan fingerprint density at radius 2 is 1.97 bits per heavy atom. The Morgan fingerprint density at radius 3 is 2.72 bits per heavy atom. The van der Waals surface area contributed by atoms with Gasteiger partial charge in [-0.25, -0.2) is 4.79 Å². The molecule has 1 spiro atoms. The lowest BCUT2D eigenvalue weighted by Gasteiger charge is -2.60. The monoisotopic (exact) mass is 398 g/mol. The SMILES string of the molecule is C[C@]12CC[C@@H]3[C@H](CC[C@@H]4C[C@@H](O)CC[C@@]43C=O)[C@]13O[C@H]3C[C@@H]2c1ccc(=O)oc1. The Morgan fingerprint density at radius 1 is 1.10 bits per heavy atom. The van der Waals surface area contributed by atoms with Crippen molar-refractivity contribution >= 4 is 6.29 Å². The van der Waals surface area contributed by atoms with Crippen LogP contribution in [0.1, 0.15) is 69.8 Å². The van der Waals surface area contributed by atoms with Gasteiger partial charge in [-0.1, -0.05) is 6.92 Å². The maximum Gasteiger partial charge on any atom is 0.335 e. The molecule has 1 aromatic rings. The first-order chi connectivity index (χ1) is 13.9. The second-order valence-electron chi connectivity index (χ2n) is 10.7. The molecule has 1 saturated heterocycles. The smallest absolute Gasteiger partial charge is 0.335 e. The minimum Gasteiger partial charge on any atom is -0.431 e. The van der Waals surface area contributed by atoms with Crippen LogP contribution in [-0.4, -0.2) is 29.2 Å². The zero-order valence-electron chi connectivity index (χ0n) is 17.0. The van der Waals surface area contributed by atoms with Gasteiger partial charge in [0, 0.05) is 16.9 Å². The number of rotatable bonds is 2. The van der Waals surface area contributed by atoms with Crippen LogP contribution in [0.4, 0.5) is 0 Å². The van der Waals surface area contributed by atoms with E-state index in [-0.39, 0.29) is 34.3 Å². The van der Waals surface area contributed by atoms with E-state index in [0.29, 0.717) is 23.7 Å². The lowest BCUT2D eigenvalue weighted by molar-refractivity contribution is -0.158. The van der Waals surface area contributed by atoms with E-state index in [0.717, 1.165) is 56.9 Å². The maximum absolute atomic E-state index is 12.5. The fourth-order valence-electron chi connectivity index (χ4n) is 8.66. The summed E-state index contributed by atoms with van der Waals surface area (Å²) >= 11 is 0. The molecule has 1 aliphatic heterocycles. The molecule has 1 N–H and O–H groups in total. The number of carbonyl (C=O) groups is 1. The zero-order chi connectivity index (χ0) is 20.0. The van der Waals surface area contributed by atoms with Crippen LogP contribution in [0, 0.1) is 28.6 Å². The van der Waals surface area contributed by atoms with Crippen molar-refractivity contribution in [1.29, 1.82) is 0 Å². The minimum atomic E-state index is -0.303. The third-order valence-corrected chi connectivity index (χ3v) is 9.97. The van der Waals surface area contributed by atoms with Crippen LogP contribution in [0.2, 0.25) is 0 Å². The van der Waals surface area contributed by atoms with Gasteiger partial charge in [0.05, 0.1) is 18.5 Å². The molecule has 29 heavy (non-hydrogen) atoms. The molecule has 5 fully saturated rings. The minimum absolute atomic E-state index is 0.0177. The number of aliphatic hydroxyl groups excluding tert-OH is 1. The second kappa shape index (κ2) is 5.82. The Balaban J connectivity index is 1.37. The van der Waals surface area contributed by atoms with Crippen molar-refractivity contribution in [1.82, 2.24) is 0 Å². The average Bonchev–Trinajstić information content (AvgIpc) is 3.38. The van der Waals surface area contributed by atoms with Crippen LogP contribution in [0.15, 0.2) is 27.6 Å². The third-order valence-electron chi connectivity index (χ3n) is 9.97. The molecule has 1 aromatic heterocycles. The number of hydrogen-bond donors (Lipinski definition) is 1. The highest BCUT2D eigenvalue weighted by atomic mass is 16.6. The molecule has 5 aliphatic rings. The van der Waals surface area contributed by atoms with Gasteiger partial charge in [0.15, 0.2) is 0 Å². The Kier molecular flexibility index (Phi) is 3.68. The van der Waals surface area contributed by atoms with Crippen molar-refractivity contribution in [3.05, 3.63) is 34.4 Å². The summed E-state index contributed by atoms with van der Waals surface area (Å²) in [5, 5.41) is 10.2. The zero-order valence-corrected chi connectivity index (χ0v) is 17.0. The van der Waals surface area contributed by atoms with E-state index in [1.54, 1.807) is 6.26 Å². The van der Waals surface area contributed by atoms with E-state index in [9.17, 15) is 14.7 Å². The summed E-state index contributed by atoms with van der Waals surface area (Å²) in [7, 11) is 0. The number of aliphatic hydroxyl groups is 1. The van der Waals surface area contributed by atoms with Crippen LogP contribution >= 0.6 is 0 Å². The topological polar surface area (TPSA) is 80.0 Å². The molecular weight excluding hydrogens is 368 g/mol. The van der Waals surface area contributed by atoms with Crippen LogP contribution < -0.4 is 5.63 Å². The number of carbonyl (C=O) groups excluding carboxylic acids is 1. The Hall–Kier alpha value is -1.46. The lowest BCUT2D eigenvalue weighted by atomic mass is 9.44. The molecule has 4 saturated carbocycles. The highest BCUT2D eigenvalue weighted by Gasteiger charge is 2.80. The molecule has 0 bridgehead atoms. The molecule has 0 unspecified atom stereocenters. The van der Waals surface area contributed by atoms with Gasteiger partial charge >= 0.3 is 5.63 Å². The van der Waals surface area contributed by atoms with E-state index in [1.807, 2.05) is 6.07 Å². The first kappa shape index (κ1) is 18.3. The molecule has 5 nitrogen and oxygen atoms in total. The highest BCUT2D eigenvalue weighted by molar-refractivity contribution is 5.62. The van der Waals surface area contributed by atoms with Crippen LogP contribution in [0.25, 0.3) is 0 Å². The number of fused-ring (bicyclic) bond motifs is 3. The molecule has 9 atom stereocenters. The summed E-state index contributed by atoms with van der Waals surface area (Å²) in [5.74, 6) is 1.45. The van der Waals surface area contributed by atoms with Gasteiger partial charge in [-0.3, -0.25) is 0 Å². The highest BCUT2D eigenvalue weighted by Crippen LogP contribution is 2.77. The van der Waals surface area contributed by atoms with Gasteiger partial charge in [-0.2, -0.15) is 0 Å². The number of ether oxygens (including phenoxy) is 1. The molecule has 0 amide bonds. The van der Waals surface area contributed by atoms with Gasteiger partial charge in [-0.15, -0.1) is 0 Å². The standard InChI is InChI=1S/C24H30O5/c1-22-8-7-17-18(4-3-15-10-16(26)6-9-23(15,17)13-25)24(22)20(29-24)11-19(22)14-2-5-21(27)28-12-14/h2,5,12-13,15-20,26H,3-4,6-11H2,1H3/t15-,16+,17-,18+,19-,20+,22-,23-,24-/m1/s1. The Labute approximate surface area is 170 Å². The molecule has 156 valence electrons. The van der Waals surface area contributed by atoms with Crippen molar-refractivity contribution in [2.75, 3.05) is 0 Å². The molecule has 2 heterocycles. The summed E-state index contributed by atoms with van der Waals surface area (Å²) in [6.45, 7) is 2.37. The first-order valence-corrected chi connectivity index (χ1v) is 11.4. The molecule has 6 rings (SSSR count). The quantitative estimate of drug-likeness (QED) is 0.610. The third kappa shape index (κ3) is 2.13. The molecule has 5 heteroatoms. The van der Waals surface area contributed by atoms with Crippen LogP contribution in [0.5, 0.6) is 0 Å². The average molecular weight is 398 g/mol. The molecular formula is C24H30O5. The van der Waals surface area contributed by atoms with Crippen molar-refractivity contribution < 1.29 is 19.1 Å². The first-order valence-electron chi connectivity index (χ1n) is 11.4. The van der Waals surface area contributed by atoms with E-state index >= 15 is 0 Å². The lowest BCUT2D eigenvalue weighted by Crippen LogP contribution is -2.59. The van der Waals surface area contributed by atoms with Crippen LogP contribution in [-0.2, 0) is 9.53 Å². The summed E-state index contributed by atoms with van der Waals surface area (Å²) < 4.78 is 11.7. The Bertz CT molecular complexity index is 888. The van der Waals surface area contributed by atoms with E-state index in [1.165, 1.54) is 12.4 Å². The van der Waals surface area contributed by atoms with Crippen molar-refractivity contribution in [2.45, 2.75) is 82.0 Å². The summed E-state index contributed by atoms with van der Waals surface area (Å²) in [4.78, 5) is 24.0. The fourth-order valence-corrected chi connectivity index (χ4v) is 8.66. The second-order valence-corrected chi connectivity index (χ2v) is 10.7. The van der Waals surface area contributed by atoms with Crippen molar-refractivity contribution in [3.63, 3.8) is 0 Å². The predicted molar refractivity (Wildman–Crippen MR) is 105 cm³/mol. The van der Waals surface area contributed by atoms with E-state index in [2.05, 4.69) is 6.92 Å². The summed E-state index contributed by atoms with van der Waals surface area (Å²) in [6, 6.07) is 3.46. The normalized spacial score (nSPS) is 52.6. The van der Waals surface area contributed by atoms with Gasteiger partial charge in [-0.05, 0) is 86.7 Å².